The summed E-state index contributed by atoms with van der Waals surface area (Å²) in [5, 5.41) is 8.07. The van der Waals surface area contributed by atoms with E-state index in [2.05, 4.69) is 5.32 Å². The third-order valence-electron chi connectivity index (χ3n) is 2.40. The minimum atomic E-state index is -3.92. The zero-order chi connectivity index (χ0) is 14.8. The summed E-state index contributed by atoms with van der Waals surface area (Å²) in [6.45, 7) is 3.45. The Morgan fingerprint density at radius 3 is 2.42 bits per heavy atom. The first-order valence-corrected chi connectivity index (χ1v) is 7.05. The monoisotopic (exact) mass is 286 g/mol. The van der Waals surface area contributed by atoms with Gasteiger partial charge in [-0.25, -0.2) is 13.6 Å². The molecule has 0 saturated heterocycles. The number of hydrogen-bond acceptors (Lipinski definition) is 5. The molecule has 1 aromatic carbocycles. The largest absolute Gasteiger partial charge is 0.399 e. The molecule has 0 fully saturated rings. The lowest BCUT2D eigenvalue weighted by Crippen LogP contribution is -2.36. The van der Waals surface area contributed by atoms with Crippen LogP contribution in [0, 0.1) is 0 Å². The second kappa shape index (κ2) is 5.06. The smallest absolute Gasteiger partial charge is 0.240 e. The molecule has 0 aromatic heterocycles. The van der Waals surface area contributed by atoms with Crippen molar-refractivity contribution in [1.29, 1.82) is 0 Å². The Bertz CT molecular complexity index is 596. The first kappa shape index (κ1) is 15.3. The fourth-order valence-electron chi connectivity index (χ4n) is 1.72. The average Bonchev–Trinajstić information content (AvgIpc) is 2.16. The molecule has 0 aliphatic carbocycles. The molecule has 0 radical (unpaired) electrons. The number of nitrogens with two attached hydrogens (primary N) is 3. The van der Waals surface area contributed by atoms with Gasteiger partial charge in [0.1, 0.15) is 4.90 Å². The number of carbonyl (C=O) groups is 1. The van der Waals surface area contributed by atoms with Gasteiger partial charge in [0.25, 0.3) is 0 Å². The molecular formula is C11H18N4O3S. The molecule has 0 bridgehead atoms. The molecule has 106 valence electrons. The van der Waals surface area contributed by atoms with Crippen LogP contribution in [0.5, 0.6) is 0 Å². The molecular weight excluding hydrogens is 268 g/mol. The minimum Gasteiger partial charge on any atom is -0.399 e. The van der Waals surface area contributed by atoms with Crippen molar-refractivity contribution in [3.63, 3.8) is 0 Å². The van der Waals surface area contributed by atoms with E-state index < -0.39 is 21.5 Å². The Labute approximate surface area is 112 Å². The molecule has 0 aliphatic rings. The molecule has 0 spiro atoms. The zero-order valence-corrected chi connectivity index (χ0v) is 11.6. The third-order valence-corrected chi connectivity index (χ3v) is 3.35. The number of amides is 1. The van der Waals surface area contributed by atoms with Crippen molar-refractivity contribution >= 4 is 27.3 Å². The van der Waals surface area contributed by atoms with Crippen molar-refractivity contribution < 1.29 is 13.2 Å². The number of primary sulfonamides is 1. The van der Waals surface area contributed by atoms with Crippen molar-refractivity contribution in [3.8, 4) is 0 Å². The summed E-state index contributed by atoms with van der Waals surface area (Å²) in [6, 6.07) is 4.30. The summed E-state index contributed by atoms with van der Waals surface area (Å²) < 4.78 is 23.0. The molecule has 0 saturated carbocycles. The highest BCUT2D eigenvalue weighted by Gasteiger charge is 2.23. The zero-order valence-electron chi connectivity index (χ0n) is 10.8. The lowest BCUT2D eigenvalue weighted by molar-refractivity contribution is -0.118. The number of anilines is 2. The molecule has 1 aromatic rings. The van der Waals surface area contributed by atoms with E-state index in [4.69, 9.17) is 16.6 Å². The Hall–Kier alpha value is -1.80. The second-order valence-corrected chi connectivity index (χ2v) is 6.48. The number of sulfonamides is 1. The van der Waals surface area contributed by atoms with Gasteiger partial charge in [-0.05, 0) is 32.0 Å². The van der Waals surface area contributed by atoms with Gasteiger partial charge in [0.15, 0.2) is 0 Å². The second-order valence-electron chi connectivity index (χ2n) is 4.95. The normalized spacial score (nSPS) is 12.2. The lowest BCUT2D eigenvalue weighted by Gasteiger charge is -2.27. The number of nitrogen functional groups attached to an aromatic ring is 1. The van der Waals surface area contributed by atoms with Crippen LogP contribution in [0.4, 0.5) is 11.4 Å². The maximum atomic E-state index is 11.5. The molecule has 0 aliphatic heterocycles. The molecule has 1 amide bonds. The van der Waals surface area contributed by atoms with E-state index in [1.165, 1.54) is 18.2 Å². The van der Waals surface area contributed by atoms with E-state index in [-0.39, 0.29) is 22.7 Å². The molecule has 1 rings (SSSR count). The maximum Gasteiger partial charge on any atom is 0.240 e. The summed E-state index contributed by atoms with van der Waals surface area (Å²) >= 11 is 0. The third kappa shape index (κ3) is 4.42. The highest BCUT2D eigenvalue weighted by molar-refractivity contribution is 7.89. The topological polar surface area (TPSA) is 141 Å². The fraction of sp³-hybridized carbons (Fsp3) is 0.364. The summed E-state index contributed by atoms with van der Waals surface area (Å²) in [5.74, 6) is -0.495. The van der Waals surface area contributed by atoms with Gasteiger partial charge in [-0.3, -0.25) is 4.79 Å². The summed E-state index contributed by atoms with van der Waals surface area (Å²) in [6.07, 6.45) is 0.0431. The Balaban J connectivity index is 3.18. The van der Waals surface area contributed by atoms with Crippen LogP contribution in [0.15, 0.2) is 23.1 Å². The van der Waals surface area contributed by atoms with Crippen LogP contribution < -0.4 is 21.9 Å². The number of rotatable bonds is 5. The molecule has 19 heavy (non-hydrogen) atoms. The Morgan fingerprint density at radius 1 is 1.37 bits per heavy atom. The molecule has 7 nitrogen and oxygen atoms in total. The average molecular weight is 286 g/mol. The maximum absolute atomic E-state index is 11.5. The van der Waals surface area contributed by atoms with E-state index >= 15 is 0 Å². The quantitative estimate of drug-likeness (QED) is 0.563. The van der Waals surface area contributed by atoms with Crippen LogP contribution in [0.2, 0.25) is 0 Å². The number of hydrogen-bond donors (Lipinski definition) is 4. The van der Waals surface area contributed by atoms with Gasteiger partial charge >= 0.3 is 0 Å². The van der Waals surface area contributed by atoms with Crippen LogP contribution in [-0.4, -0.2) is 19.9 Å². The Kier molecular flexibility index (Phi) is 4.06. The van der Waals surface area contributed by atoms with Gasteiger partial charge < -0.3 is 16.8 Å². The van der Waals surface area contributed by atoms with Gasteiger partial charge in [0.2, 0.25) is 15.9 Å². The van der Waals surface area contributed by atoms with E-state index in [0.717, 1.165) is 0 Å². The van der Waals surface area contributed by atoms with Gasteiger partial charge in [-0.2, -0.15) is 0 Å². The fourth-order valence-corrected chi connectivity index (χ4v) is 2.45. The predicted octanol–water partition coefficient (Wildman–Crippen LogP) is -0.0179. The Morgan fingerprint density at radius 2 is 1.95 bits per heavy atom. The number of primary amides is 1. The van der Waals surface area contributed by atoms with Crippen molar-refractivity contribution in [3.05, 3.63) is 18.2 Å². The van der Waals surface area contributed by atoms with Crippen LogP contribution >= 0.6 is 0 Å². The first-order chi connectivity index (χ1) is 8.51. The standard InChI is InChI=1S/C11H18N4O3S/c1-11(2,6-10(13)16)15-8-4-3-7(12)5-9(8)19(14,17)18/h3-5,15H,6,12H2,1-2H3,(H2,13,16)(H2,14,17,18). The van der Waals surface area contributed by atoms with E-state index in [9.17, 15) is 13.2 Å². The highest BCUT2D eigenvalue weighted by Crippen LogP contribution is 2.26. The van der Waals surface area contributed by atoms with Crippen LogP contribution in [-0.2, 0) is 14.8 Å². The molecule has 0 heterocycles. The highest BCUT2D eigenvalue weighted by atomic mass is 32.2. The molecule has 7 N–H and O–H groups in total. The minimum absolute atomic E-state index is 0.0431. The molecule has 8 heteroatoms. The van der Waals surface area contributed by atoms with E-state index in [0.29, 0.717) is 0 Å². The van der Waals surface area contributed by atoms with Crippen LogP contribution in [0.1, 0.15) is 20.3 Å². The van der Waals surface area contributed by atoms with Crippen molar-refractivity contribution in [2.45, 2.75) is 30.7 Å². The lowest BCUT2D eigenvalue weighted by atomic mass is 10.00. The van der Waals surface area contributed by atoms with Crippen molar-refractivity contribution in [2.24, 2.45) is 10.9 Å². The van der Waals surface area contributed by atoms with Crippen molar-refractivity contribution in [1.82, 2.24) is 0 Å². The SMILES string of the molecule is CC(C)(CC(N)=O)Nc1ccc(N)cc1S(N)(=O)=O. The first-order valence-electron chi connectivity index (χ1n) is 5.50. The van der Waals surface area contributed by atoms with Gasteiger partial charge in [-0.1, -0.05) is 0 Å². The number of carbonyl (C=O) groups excluding carboxylic acids is 1. The van der Waals surface area contributed by atoms with Crippen molar-refractivity contribution in [2.75, 3.05) is 11.1 Å². The van der Waals surface area contributed by atoms with Crippen LogP contribution in [0.25, 0.3) is 0 Å². The summed E-state index contributed by atoms with van der Waals surface area (Å²) in [4.78, 5) is 10.8. The number of benzene rings is 1. The summed E-state index contributed by atoms with van der Waals surface area (Å²) in [5.41, 5.74) is 10.5. The molecule has 0 unspecified atom stereocenters. The van der Waals surface area contributed by atoms with Crippen LogP contribution in [0.3, 0.4) is 0 Å². The van der Waals surface area contributed by atoms with Gasteiger partial charge in [-0.15, -0.1) is 0 Å². The van der Waals surface area contributed by atoms with Gasteiger partial charge in [0.05, 0.1) is 5.69 Å². The van der Waals surface area contributed by atoms with E-state index in [1.54, 1.807) is 13.8 Å². The molecule has 0 atom stereocenters. The number of nitrogens with one attached hydrogen (secondary N) is 1. The predicted molar refractivity (Wildman–Crippen MR) is 73.7 cm³/mol. The van der Waals surface area contributed by atoms with Gasteiger partial charge in [0, 0.05) is 17.6 Å². The summed E-state index contributed by atoms with van der Waals surface area (Å²) in [7, 11) is -3.92. The van der Waals surface area contributed by atoms with E-state index in [1.807, 2.05) is 0 Å².